The highest BCUT2D eigenvalue weighted by molar-refractivity contribution is 5.81. The minimum Gasteiger partial charge on any atom is -0.353 e. The maximum Gasteiger partial charge on any atom is 0.393 e. The molecule has 0 aromatic heterocycles. The van der Waals surface area contributed by atoms with E-state index < -0.39 is 18.1 Å². The average Bonchev–Trinajstić information content (AvgIpc) is 2.91. The quantitative estimate of drug-likeness (QED) is 0.828. The highest BCUT2D eigenvalue weighted by Crippen LogP contribution is 2.31. The number of halogens is 3. The zero-order valence-corrected chi connectivity index (χ0v) is 12.4. The Morgan fingerprint density at radius 1 is 1.33 bits per heavy atom. The molecule has 0 bridgehead atoms. The molecule has 2 aliphatic rings. The van der Waals surface area contributed by atoms with Crippen molar-refractivity contribution in [2.75, 3.05) is 26.2 Å². The molecule has 2 N–H and O–H groups in total. The zero-order chi connectivity index (χ0) is 15.5. The largest absolute Gasteiger partial charge is 0.393 e. The van der Waals surface area contributed by atoms with Gasteiger partial charge >= 0.3 is 6.18 Å². The van der Waals surface area contributed by atoms with Gasteiger partial charge in [-0.05, 0) is 38.8 Å². The fourth-order valence-electron chi connectivity index (χ4n) is 3.24. The molecule has 0 aromatic rings. The Kier molecular flexibility index (Phi) is 5.48. The summed E-state index contributed by atoms with van der Waals surface area (Å²) in [4.78, 5) is 14.4. The summed E-state index contributed by atoms with van der Waals surface area (Å²) < 4.78 is 37.7. The summed E-state index contributed by atoms with van der Waals surface area (Å²) in [7, 11) is 0. The minimum atomic E-state index is -4.17. The van der Waals surface area contributed by atoms with Crippen LogP contribution < -0.4 is 10.6 Å². The van der Waals surface area contributed by atoms with E-state index in [2.05, 4.69) is 22.5 Å². The fourth-order valence-corrected chi connectivity index (χ4v) is 3.24. The summed E-state index contributed by atoms with van der Waals surface area (Å²) in [5.74, 6) is -1.49. The van der Waals surface area contributed by atoms with Crippen LogP contribution in [-0.4, -0.2) is 55.2 Å². The van der Waals surface area contributed by atoms with E-state index in [-0.39, 0.29) is 25.3 Å². The fraction of sp³-hybridized carbons (Fsp3) is 0.929. The predicted octanol–water partition coefficient (Wildman–Crippen LogP) is 1.52. The van der Waals surface area contributed by atoms with Crippen LogP contribution in [0.25, 0.3) is 0 Å². The molecule has 0 saturated carbocycles. The number of amides is 1. The van der Waals surface area contributed by atoms with Crippen molar-refractivity contribution in [3.8, 4) is 0 Å². The van der Waals surface area contributed by atoms with Crippen LogP contribution >= 0.6 is 0 Å². The van der Waals surface area contributed by atoms with Gasteiger partial charge in [-0.3, -0.25) is 9.69 Å². The van der Waals surface area contributed by atoms with E-state index >= 15 is 0 Å². The van der Waals surface area contributed by atoms with Crippen LogP contribution in [0.4, 0.5) is 13.2 Å². The molecule has 0 spiro atoms. The second kappa shape index (κ2) is 6.96. The van der Waals surface area contributed by atoms with Gasteiger partial charge in [-0.1, -0.05) is 6.92 Å². The molecule has 2 aliphatic heterocycles. The number of likely N-dealkylation sites (tertiary alicyclic amines) is 1. The van der Waals surface area contributed by atoms with Gasteiger partial charge in [-0.25, -0.2) is 0 Å². The van der Waals surface area contributed by atoms with Gasteiger partial charge < -0.3 is 10.6 Å². The first-order valence-corrected chi connectivity index (χ1v) is 7.73. The molecule has 4 nitrogen and oxygen atoms in total. The summed E-state index contributed by atoms with van der Waals surface area (Å²) in [5.41, 5.74) is 0. The molecule has 21 heavy (non-hydrogen) atoms. The first kappa shape index (κ1) is 16.5. The molecule has 7 heteroatoms. The number of nitrogens with zero attached hydrogens (tertiary/aromatic N) is 1. The number of carbonyl (C=O) groups is 1. The summed E-state index contributed by atoms with van der Waals surface area (Å²) in [6, 6.07) is -0.120. The lowest BCUT2D eigenvalue weighted by atomic mass is 9.94. The summed E-state index contributed by atoms with van der Waals surface area (Å²) in [5, 5.41) is 5.62. The molecule has 2 rings (SSSR count). The van der Waals surface area contributed by atoms with Gasteiger partial charge in [0.2, 0.25) is 5.91 Å². The second-order valence-electron chi connectivity index (χ2n) is 5.95. The third-order valence-electron chi connectivity index (χ3n) is 4.61. The van der Waals surface area contributed by atoms with E-state index in [1.807, 2.05) is 0 Å². The Hall–Kier alpha value is -0.820. The van der Waals surface area contributed by atoms with E-state index in [1.54, 1.807) is 0 Å². The number of alkyl halides is 3. The van der Waals surface area contributed by atoms with Crippen LogP contribution in [0.15, 0.2) is 0 Å². The number of hydrogen-bond donors (Lipinski definition) is 2. The molecule has 2 heterocycles. The number of nitrogens with one attached hydrogen (secondary N) is 2. The summed E-state index contributed by atoms with van der Waals surface area (Å²) >= 11 is 0. The molecule has 0 aliphatic carbocycles. The standard InChI is InChI=1S/C14H24F3N3O/c1-2-20-7-3-4-11(20)9-19-13(21)12-6-5-10(8-18-12)14(15,16)17/h10-12,18H,2-9H2,1H3,(H,19,21). The maximum absolute atomic E-state index is 12.6. The Labute approximate surface area is 123 Å². The Balaban J connectivity index is 1.73. The molecule has 2 saturated heterocycles. The highest BCUT2D eigenvalue weighted by atomic mass is 19.4. The number of piperidine rings is 1. The van der Waals surface area contributed by atoms with E-state index in [1.165, 1.54) is 0 Å². The lowest BCUT2D eigenvalue weighted by Gasteiger charge is -2.31. The van der Waals surface area contributed by atoms with E-state index in [0.717, 1.165) is 25.9 Å². The zero-order valence-electron chi connectivity index (χ0n) is 12.4. The highest BCUT2D eigenvalue weighted by Gasteiger charge is 2.42. The van der Waals surface area contributed by atoms with Crippen molar-refractivity contribution in [1.82, 2.24) is 15.5 Å². The van der Waals surface area contributed by atoms with Gasteiger partial charge in [0.25, 0.3) is 0 Å². The van der Waals surface area contributed by atoms with Gasteiger partial charge in [0.15, 0.2) is 0 Å². The van der Waals surface area contributed by atoms with Crippen LogP contribution in [0, 0.1) is 5.92 Å². The Bertz CT molecular complexity index is 354. The van der Waals surface area contributed by atoms with Crippen molar-refractivity contribution in [3.63, 3.8) is 0 Å². The van der Waals surface area contributed by atoms with Crippen molar-refractivity contribution in [2.45, 2.75) is 50.9 Å². The first-order chi connectivity index (χ1) is 9.91. The molecular formula is C14H24F3N3O. The van der Waals surface area contributed by atoms with Crippen molar-refractivity contribution in [3.05, 3.63) is 0 Å². The van der Waals surface area contributed by atoms with Crippen molar-refractivity contribution < 1.29 is 18.0 Å². The van der Waals surface area contributed by atoms with Crippen molar-refractivity contribution in [2.24, 2.45) is 5.92 Å². The number of rotatable bonds is 4. The van der Waals surface area contributed by atoms with Crippen molar-refractivity contribution in [1.29, 1.82) is 0 Å². The average molecular weight is 307 g/mol. The Morgan fingerprint density at radius 2 is 2.10 bits per heavy atom. The van der Waals surface area contributed by atoms with Crippen LogP contribution in [0.3, 0.4) is 0 Å². The van der Waals surface area contributed by atoms with Gasteiger partial charge in [-0.15, -0.1) is 0 Å². The van der Waals surface area contributed by atoms with Crippen LogP contribution in [0.1, 0.15) is 32.6 Å². The summed E-state index contributed by atoms with van der Waals surface area (Å²) in [6.45, 7) is 4.56. The topological polar surface area (TPSA) is 44.4 Å². The maximum atomic E-state index is 12.6. The van der Waals surface area contributed by atoms with Gasteiger partial charge in [-0.2, -0.15) is 13.2 Å². The molecule has 0 aromatic carbocycles. The smallest absolute Gasteiger partial charge is 0.353 e. The molecule has 0 radical (unpaired) electrons. The van der Waals surface area contributed by atoms with E-state index in [0.29, 0.717) is 12.6 Å². The lowest BCUT2D eigenvalue weighted by Crippen LogP contribution is -2.52. The molecule has 122 valence electrons. The molecule has 3 atom stereocenters. The van der Waals surface area contributed by atoms with E-state index in [9.17, 15) is 18.0 Å². The molecule has 2 fully saturated rings. The minimum absolute atomic E-state index is 0.0269. The van der Waals surface area contributed by atoms with Crippen LogP contribution in [0.5, 0.6) is 0 Å². The number of carbonyl (C=O) groups excluding carboxylic acids is 1. The normalized spacial score (nSPS) is 31.3. The number of likely N-dealkylation sites (N-methyl/N-ethyl adjacent to an activating group) is 1. The predicted molar refractivity (Wildman–Crippen MR) is 73.8 cm³/mol. The number of hydrogen-bond acceptors (Lipinski definition) is 3. The van der Waals surface area contributed by atoms with E-state index in [4.69, 9.17) is 0 Å². The molecule has 3 unspecified atom stereocenters. The monoisotopic (exact) mass is 307 g/mol. The second-order valence-corrected chi connectivity index (χ2v) is 5.95. The SMILES string of the molecule is CCN1CCCC1CNC(=O)C1CCC(C(F)(F)F)CN1. The van der Waals surface area contributed by atoms with Crippen LogP contribution in [-0.2, 0) is 4.79 Å². The van der Waals surface area contributed by atoms with Crippen molar-refractivity contribution >= 4 is 5.91 Å². The lowest BCUT2D eigenvalue weighted by molar-refractivity contribution is -0.180. The van der Waals surface area contributed by atoms with Gasteiger partial charge in [0.1, 0.15) is 0 Å². The molecular weight excluding hydrogens is 283 g/mol. The van der Waals surface area contributed by atoms with Crippen LogP contribution in [0.2, 0.25) is 0 Å². The third-order valence-corrected chi connectivity index (χ3v) is 4.61. The van der Waals surface area contributed by atoms with Gasteiger partial charge in [0.05, 0.1) is 12.0 Å². The summed E-state index contributed by atoms with van der Waals surface area (Å²) in [6.07, 6.45) is -1.68. The Morgan fingerprint density at radius 3 is 2.67 bits per heavy atom. The third kappa shape index (κ3) is 4.32. The molecule has 1 amide bonds. The van der Waals surface area contributed by atoms with Gasteiger partial charge in [0, 0.05) is 19.1 Å². The first-order valence-electron chi connectivity index (χ1n) is 7.73.